The van der Waals surface area contributed by atoms with Crippen LogP contribution in [-0.2, 0) is 6.42 Å². The first-order valence-corrected chi connectivity index (χ1v) is 7.28. The molecule has 0 radical (unpaired) electrons. The van der Waals surface area contributed by atoms with E-state index in [1.165, 1.54) is 0 Å². The summed E-state index contributed by atoms with van der Waals surface area (Å²) in [7, 11) is 3.21. The normalized spacial score (nSPS) is 11.0. The molecule has 1 aromatic heterocycles. The third kappa shape index (κ3) is 3.39. The Kier molecular flexibility index (Phi) is 5.11. The average molecular weight is 315 g/mol. The number of methoxy groups -OCH3 is 2. The number of hydrogen-bond acceptors (Lipinski definition) is 3. The van der Waals surface area contributed by atoms with Crippen molar-refractivity contribution in [1.82, 2.24) is 4.98 Å². The minimum atomic E-state index is -0.935. The number of carboxylic acid groups (broad SMARTS) is 1. The van der Waals surface area contributed by atoms with Crippen molar-refractivity contribution in [2.75, 3.05) is 14.2 Å². The van der Waals surface area contributed by atoms with E-state index in [1.807, 2.05) is 44.2 Å². The van der Waals surface area contributed by atoms with Gasteiger partial charge in [0.1, 0.15) is 5.69 Å². The molecule has 122 valence electrons. The lowest BCUT2D eigenvalue weighted by atomic mass is 10.1. The molecule has 0 saturated carbocycles. The van der Waals surface area contributed by atoms with Gasteiger partial charge in [0.25, 0.3) is 0 Å². The summed E-state index contributed by atoms with van der Waals surface area (Å²) in [5, 5.41) is 9.15. The Hall–Kier alpha value is -2.69. The van der Waals surface area contributed by atoms with E-state index in [2.05, 4.69) is 4.98 Å². The molecule has 0 bridgehead atoms. The van der Waals surface area contributed by atoms with Crippen LogP contribution in [0.4, 0.5) is 0 Å². The van der Waals surface area contributed by atoms with Gasteiger partial charge in [-0.05, 0) is 37.5 Å². The molecule has 0 aliphatic heterocycles. The molecule has 1 heterocycles. The van der Waals surface area contributed by atoms with Gasteiger partial charge in [-0.2, -0.15) is 0 Å². The molecule has 5 heteroatoms. The fourth-order valence-corrected chi connectivity index (χ4v) is 2.66. The summed E-state index contributed by atoms with van der Waals surface area (Å²) in [5.41, 5.74) is 3.82. The lowest BCUT2D eigenvalue weighted by Crippen LogP contribution is -1.98. The molecular formula is C18H21NO4. The minimum Gasteiger partial charge on any atom is -0.493 e. The summed E-state index contributed by atoms with van der Waals surface area (Å²) < 4.78 is 10.7. The maximum atomic E-state index is 11.2. The summed E-state index contributed by atoms with van der Waals surface area (Å²) in [4.78, 5) is 14.1. The summed E-state index contributed by atoms with van der Waals surface area (Å²) in [6, 6.07) is 5.68. The number of rotatable bonds is 6. The van der Waals surface area contributed by atoms with Crippen molar-refractivity contribution in [1.29, 1.82) is 0 Å². The van der Waals surface area contributed by atoms with Gasteiger partial charge in [0.2, 0.25) is 0 Å². The SMILES string of the molecule is COc1cccc(/C=C/Cc2c(C)[nH]c(C(=O)O)c2C)c1OC. The van der Waals surface area contributed by atoms with E-state index in [0.717, 1.165) is 22.4 Å². The van der Waals surface area contributed by atoms with Crippen LogP contribution in [-0.4, -0.2) is 30.3 Å². The van der Waals surface area contributed by atoms with E-state index in [4.69, 9.17) is 14.6 Å². The van der Waals surface area contributed by atoms with Gasteiger partial charge in [-0.1, -0.05) is 24.3 Å². The number of aryl methyl sites for hydroxylation is 1. The first-order chi connectivity index (χ1) is 11.0. The predicted octanol–water partition coefficient (Wildman–Crippen LogP) is 3.60. The second-order valence-corrected chi connectivity index (χ2v) is 5.22. The van der Waals surface area contributed by atoms with Crippen molar-refractivity contribution in [3.05, 3.63) is 52.4 Å². The van der Waals surface area contributed by atoms with Crippen molar-refractivity contribution in [2.45, 2.75) is 20.3 Å². The molecule has 0 saturated heterocycles. The lowest BCUT2D eigenvalue weighted by Gasteiger charge is -2.09. The fourth-order valence-electron chi connectivity index (χ4n) is 2.66. The number of aromatic nitrogens is 1. The molecule has 0 fully saturated rings. The number of hydrogen-bond donors (Lipinski definition) is 2. The third-order valence-electron chi connectivity index (χ3n) is 3.86. The zero-order chi connectivity index (χ0) is 17.0. The van der Waals surface area contributed by atoms with Gasteiger partial charge in [0.15, 0.2) is 11.5 Å². The number of aromatic carboxylic acids is 1. The zero-order valence-electron chi connectivity index (χ0n) is 13.8. The number of allylic oxidation sites excluding steroid dienone is 1. The quantitative estimate of drug-likeness (QED) is 0.854. The van der Waals surface area contributed by atoms with Crippen molar-refractivity contribution in [3.8, 4) is 11.5 Å². The molecule has 0 unspecified atom stereocenters. The highest BCUT2D eigenvalue weighted by Crippen LogP contribution is 2.31. The monoisotopic (exact) mass is 315 g/mol. The first kappa shape index (κ1) is 16.7. The molecule has 0 spiro atoms. The van der Waals surface area contributed by atoms with Gasteiger partial charge in [0.05, 0.1) is 14.2 Å². The number of nitrogens with one attached hydrogen (secondary N) is 1. The largest absolute Gasteiger partial charge is 0.493 e. The molecule has 0 aliphatic carbocycles. The van der Waals surface area contributed by atoms with Crippen LogP contribution in [0, 0.1) is 13.8 Å². The maximum absolute atomic E-state index is 11.2. The standard InChI is InChI=1S/C18H21NO4/c1-11-14(12(2)19-16(11)18(20)21)9-5-7-13-8-6-10-15(22-3)17(13)23-4/h5-8,10,19H,9H2,1-4H3,(H,20,21)/b7-5+. The van der Waals surface area contributed by atoms with Gasteiger partial charge in [0, 0.05) is 11.3 Å². The number of aromatic amines is 1. The number of carboxylic acids is 1. The fraction of sp³-hybridized carbons (Fsp3) is 0.278. The van der Waals surface area contributed by atoms with Crippen LogP contribution in [0.3, 0.4) is 0 Å². The third-order valence-corrected chi connectivity index (χ3v) is 3.86. The van der Waals surface area contributed by atoms with Crippen LogP contribution >= 0.6 is 0 Å². The summed E-state index contributed by atoms with van der Waals surface area (Å²) in [5.74, 6) is 0.423. The van der Waals surface area contributed by atoms with Crippen LogP contribution in [0.25, 0.3) is 6.08 Å². The first-order valence-electron chi connectivity index (χ1n) is 7.28. The maximum Gasteiger partial charge on any atom is 0.352 e. The molecule has 2 aromatic rings. The molecular weight excluding hydrogens is 294 g/mol. The molecule has 1 aromatic carbocycles. The molecule has 0 atom stereocenters. The molecule has 0 aliphatic rings. The molecule has 0 amide bonds. The average Bonchev–Trinajstić information content (AvgIpc) is 2.82. The minimum absolute atomic E-state index is 0.255. The number of para-hydroxylation sites is 1. The van der Waals surface area contributed by atoms with Gasteiger partial charge >= 0.3 is 5.97 Å². The van der Waals surface area contributed by atoms with Crippen molar-refractivity contribution >= 4 is 12.0 Å². The van der Waals surface area contributed by atoms with Gasteiger partial charge < -0.3 is 19.6 Å². The van der Waals surface area contributed by atoms with Crippen LogP contribution < -0.4 is 9.47 Å². The topological polar surface area (TPSA) is 71.6 Å². The molecule has 5 nitrogen and oxygen atoms in total. The highest BCUT2D eigenvalue weighted by atomic mass is 16.5. The van der Waals surface area contributed by atoms with Crippen molar-refractivity contribution < 1.29 is 19.4 Å². The summed E-state index contributed by atoms with van der Waals surface area (Å²) in [6.07, 6.45) is 4.58. The van der Waals surface area contributed by atoms with E-state index in [9.17, 15) is 4.79 Å². The Morgan fingerprint density at radius 2 is 2.00 bits per heavy atom. The molecule has 23 heavy (non-hydrogen) atoms. The van der Waals surface area contributed by atoms with Crippen molar-refractivity contribution in [3.63, 3.8) is 0 Å². The van der Waals surface area contributed by atoms with Crippen LogP contribution in [0.2, 0.25) is 0 Å². The smallest absolute Gasteiger partial charge is 0.352 e. The molecule has 2 rings (SSSR count). The number of benzene rings is 1. The second kappa shape index (κ2) is 7.05. The summed E-state index contributed by atoms with van der Waals surface area (Å²) >= 11 is 0. The highest BCUT2D eigenvalue weighted by Gasteiger charge is 2.15. The van der Waals surface area contributed by atoms with Gasteiger partial charge in [-0.15, -0.1) is 0 Å². The number of H-pyrrole nitrogens is 1. The second-order valence-electron chi connectivity index (χ2n) is 5.22. The van der Waals surface area contributed by atoms with Gasteiger partial charge in [-0.25, -0.2) is 4.79 Å². The Labute approximate surface area is 135 Å². The van der Waals surface area contributed by atoms with Crippen LogP contribution in [0.1, 0.15) is 32.9 Å². The lowest BCUT2D eigenvalue weighted by molar-refractivity contribution is 0.0690. The Bertz CT molecular complexity index is 744. The van der Waals surface area contributed by atoms with Crippen molar-refractivity contribution in [2.24, 2.45) is 0 Å². The number of ether oxygens (including phenoxy) is 2. The number of carbonyl (C=O) groups is 1. The van der Waals surface area contributed by atoms with E-state index in [0.29, 0.717) is 17.9 Å². The predicted molar refractivity (Wildman–Crippen MR) is 89.5 cm³/mol. The van der Waals surface area contributed by atoms with E-state index in [1.54, 1.807) is 14.2 Å². The van der Waals surface area contributed by atoms with Crippen LogP contribution in [0.5, 0.6) is 11.5 Å². The molecule has 2 N–H and O–H groups in total. The van der Waals surface area contributed by atoms with E-state index >= 15 is 0 Å². The van der Waals surface area contributed by atoms with E-state index in [-0.39, 0.29) is 5.69 Å². The summed E-state index contributed by atoms with van der Waals surface area (Å²) in [6.45, 7) is 3.71. The van der Waals surface area contributed by atoms with Crippen LogP contribution in [0.15, 0.2) is 24.3 Å². The van der Waals surface area contributed by atoms with Gasteiger partial charge in [-0.3, -0.25) is 0 Å². The highest BCUT2D eigenvalue weighted by molar-refractivity contribution is 5.88. The Morgan fingerprint density at radius 3 is 2.57 bits per heavy atom. The Balaban J connectivity index is 2.25. The zero-order valence-corrected chi connectivity index (χ0v) is 13.8. The van der Waals surface area contributed by atoms with E-state index < -0.39 is 5.97 Å². The Morgan fingerprint density at radius 1 is 1.26 bits per heavy atom.